The monoisotopic (exact) mass is 239 g/mol. The molecular weight excluding hydrogens is 227 g/mol. The highest BCUT2D eigenvalue weighted by Gasteiger charge is 2.33. The topological polar surface area (TPSA) is 119 Å². The van der Waals surface area contributed by atoms with Crippen LogP contribution in [0.15, 0.2) is 0 Å². The van der Waals surface area contributed by atoms with Crippen LogP contribution in [0.4, 0.5) is 0 Å². The van der Waals surface area contributed by atoms with Crippen molar-refractivity contribution >= 4 is 13.7 Å². The molecule has 1 atom stereocenters. The first kappa shape index (κ1) is 12.6. The Kier molecular flexibility index (Phi) is 4.21. The minimum atomic E-state index is -4.66. The Morgan fingerprint density at radius 1 is 1.60 bits per heavy atom. The Morgan fingerprint density at radius 3 is 2.80 bits per heavy atom. The van der Waals surface area contributed by atoms with Crippen LogP contribution in [0, 0.1) is 0 Å². The molecule has 3 N–H and O–H groups in total. The predicted octanol–water partition coefficient (Wildman–Crippen LogP) is -1.72. The number of nitrogens with one attached hydrogen (secondary N) is 1. The lowest BCUT2D eigenvalue weighted by Gasteiger charge is -2.34. The molecule has 1 unspecified atom stereocenters. The fourth-order valence-electron chi connectivity index (χ4n) is 1.29. The summed E-state index contributed by atoms with van der Waals surface area (Å²) in [6.07, 6.45) is -1.08. The molecule has 1 aliphatic rings. The minimum absolute atomic E-state index is 0.0427. The molecule has 1 amide bonds. The van der Waals surface area contributed by atoms with Crippen molar-refractivity contribution in [2.45, 2.75) is 6.23 Å². The molecule has 0 bridgehead atoms. The second kappa shape index (κ2) is 5.02. The number of carbonyl (C=O) groups is 1. The van der Waals surface area contributed by atoms with Crippen LogP contribution in [-0.2, 0) is 19.0 Å². The van der Waals surface area contributed by atoms with Crippen LogP contribution in [0.3, 0.4) is 0 Å². The van der Waals surface area contributed by atoms with Crippen molar-refractivity contribution < 1.29 is 28.8 Å². The number of phosphoric ester groups is 1. The summed E-state index contributed by atoms with van der Waals surface area (Å²) < 4.78 is 15.0. The Labute approximate surface area is 86.1 Å². The average Bonchev–Trinajstić information content (AvgIpc) is 2.08. The second-order valence-corrected chi connectivity index (χ2v) is 4.16. The molecule has 0 spiro atoms. The summed E-state index contributed by atoms with van der Waals surface area (Å²) in [4.78, 5) is 29.5. The van der Waals surface area contributed by atoms with Gasteiger partial charge in [-0.2, -0.15) is 0 Å². The molecular formula is C6H12N2O6P. The van der Waals surface area contributed by atoms with Gasteiger partial charge in [0, 0.05) is 13.1 Å². The van der Waals surface area contributed by atoms with Crippen LogP contribution in [0.2, 0.25) is 0 Å². The molecule has 1 saturated heterocycles. The zero-order valence-corrected chi connectivity index (χ0v) is 8.72. The van der Waals surface area contributed by atoms with Crippen molar-refractivity contribution in [1.82, 2.24) is 10.2 Å². The predicted molar refractivity (Wildman–Crippen MR) is 47.1 cm³/mol. The molecule has 1 aliphatic heterocycles. The summed E-state index contributed by atoms with van der Waals surface area (Å²) in [5.41, 5.74) is 0. The van der Waals surface area contributed by atoms with Crippen molar-refractivity contribution in [1.29, 1.82) is 0 Å². The molecule has 1 heterocycles. The number of hydrogen-bond donors (Lipinski definition) is 3. The smallest absolute Gasteiger partial charge is 0.312 e. The van der Waals surface area contributed by atoms with E-state index in [0.717, 1.165) is 4.90 Å². The molecule has 1 radical (unpaired) electrons. The lowest BCUT2D eigenvalue weighted by atomic mass is 10.3. The van der Waals surface area contributed by atoms with E-state index < -0.39 is 26.6 Å². The Morgan fingerprint density at radius 2 is 2.27 bits per heavy atom. The normalized spacial score (nSPS) is 23.3. The number of rotatable bonds is 4. The van der Waals surface area contributed by atoms with Gasteiger partial charge in [-0.3, -0.25) is 9.32 Å². The molecule has 1 fully saturated rings. The molecule has 9 heteroatoms. The summed E-state index contributed by atoms with van der Waals surface area (Å²) in [6, 6.07) is 0. The lowest BCUT2D eigenvalue weighted by Crippen LogP contribution is -2.56. The number of hydrogen-bond acceptors (Lipinski definition) is 4. The summed E-state index contributed by atoms with van der Waals surface area (Å²) in [7, 11) is -4.66. The van der Waals surface area contributed by atoms with Gasteiger partial charge in [-0.25, -0.2) is 9.67 Å². The maximum Gasteiger partial charge on any atom is 0.471 e. The number of nitrogens with zero attached hydrogens (tertiary/aromatic N) is 1. The first-order valence-corrected chi connectivity index (χ1v) is 5.79. The van der Waals surface area contributed by atoms with Gasteiger partial charge in [-0.15, -0.1) is 0 Å². The number of carbonyl (C=O) groups excluding carboxylic acids is 1. The zero-order chi connectivity index (χ0) is 11.5. The maximum absolute atomic E-state index is 11.3. The highest BCUT2D eigenvalue weighted by Crippen LogP contribution is 2.38. The van der Waals surface area contributed by atoms with Gasteiger partial charge in [-0.1, -0.05) is 0 Å². The highest BCUT2D eigenvalue weighted by atomic mass is 31.2. The van der Waals surface area contributed by atoms with Crippen molar-refractivity contribution in [3.63, 3.8) is 0 Å². The number of phosphoric acid groups is 1. The highest BCUT2D eigenvalue weighted by molar-refractivity contribution is 7.46. The molecule has 0 aromatic rings. The summed E-state index contributed by atoms with van der Waals surface area (Å²) in [5, 5.41) is 13.0. The van der Waals surface area contributed by atoms with Gasteiger partial charge in [0.05, 0.1) is 13.2 Å². The third-order valence-corrected chi connectivity index (χ3v) is 2.37. The van der Waals surface area contributed by atoms with Gasteiger partial charge >= 0.3 is 7.82 Å². The molecule has 0 aromatic carbocycles. The summed E-state index contributed by atoms with van der Waals surface area (Å²) >= 11 is 0. The van der Waals surface area contributed by atoms with Gasteiger partial charge in [0.25, 0.3) is 0 Å². The van der Waals surface area contributed by atoms with Crippen LogP contribution < -0.4 is 5.32 Å². The van der Waals surface area contributed by atoms with Gasteiger partial charge in [0.1, 0.15) is 0 Å². The minimum Gasteiger partial charge on any atom is -0.312 e. The number of amides is 1. The van der Waals surface area contributed by atoms with E-state index in [0.29, 0.717) is 0 Å². The summed E-state index contributed by atoms with van der Waals surface area (Å²) in [5.74, 6) is -0.407. The van der Waals surface area contributed by atoms with E-state index in [4.69, 9.17) is 9.79 Å². The van der Waals surface area contributed by atoms with Crippen LogP contribution in [0.5, 0.6) is 0 Å². The van der Waals surface area contributed by atoms with E-state index in [1.807, 2.05) is 0 Å². The Balaban J connectivity index is 2.66. The zero-order valence-electron chi connectivity index (χ0n) is 7.83. The molecule has 0 aliphatic carbocycles. The summed E-state index contributed by atoms with van der Waals surface area (Å²) in [6.45, 7) is -0.518. The molecule has 15 heavy (non-hydrogen) atoms. The van der Waals surface area contributed by atoms with Crippen molar-refractivity contribution in [2.75, 3.05) is 26.2 Å². The quantitative estimate of drug-likeness (QED) is 0.502. The molecule has 1 rings (SSSR count). The van der Waals surface area contributed by atoms with E-state index in [-0.39, 0.29) is 19.6 Å². The molecule has 0 aromatic heterocycles. The van der Waals surface area contributed by atoms with Crippen molar-refractivity contribution in [2.24, 2.45) is 0 Å². The second-order valence-electron chi connectivity index (χ2n) is 2.97. The number of piperazine rings is 1. The maximum atomic E-state index is 11.3. The largest absolute Gasteiger partial charge is 0.471 e. The molecule has 8 nitrogen and oxygen atoms in total. The fourth-order valence-corrected chi connectivity index (χ4v) is 1.80. The first-order valence-electron chi connectivity index (χ1n) is 4.26. The van der Waals surface area contributed by atoms with Gasteiger partial charge in [-0.05, 0) is 0 Å². The van der Waals surface area contributed by atoms with E-state index in [9.17, 15) is 14.5 Å². The van der Waals surface area contributed by atoms with Gasteiger partial charge < -0.3 is 20.0 Å². The third-order valence-electron chi connectivity index (χ3n) is 1.85. The average molecular weight is 239 g/mol. The van der Waals surface area contributed by atoms with Crippen LogP contribution in [0.1, 0.15) is 0 Å². The van der Waals surface area contributed by atoms with Gasteiger partial charge in [0.15, 0.2) is 6.23 Å². The standard InChI is InChI=1S/C6H12N2O6P/c9-2-1-8-5(10)3-7-4-6(8)14-15(11,12)13/h6-7H,1-4H2,(H2,11,12,13). The SMILES string of the molecule is [O]CCN1C(=O)CNCC1OP(=O)(O)O. The third kappa shape index (κ3) is 3.86. The lowest BCUT2D eigenvalue weighted by molar-refractivity contribution is -0.144. The fraction of sp³-hybridized carbons (Fsp3) is 0.833. The van der Waals surface area contributed by atoms with E-state index in [1.54, 1.807) is 0 Å². The van der Waals surface area contributed by atoms with Gasteiger partial charge in [0.2, 0.25) is 5.91 Å². The Hall–Kier alpha value is -0.500. The molecule has 0 saturated carbocycles. The van der Waals surface area contributed by atoms with Crippen LogP contribution >= 0.6 is 7.82 Å². The van der Waals surface area contributed by atoms with E-state index >= 15 is 0 Å². The van der Waals surface area contributed by atoms with Crippen LogP contribution in [0.25, 0.3) is 0 Å². The first-order chi connectivity index (χ1) is 6.94. The Bertz CT molecular complexity index is 279. The van der Waals surface area contributed by atoms with Crippen molar-refractivity contribution in [3.8, 4) is 0 Å². The molecule has 87 valence electrons. The van der Waals surface area contributed by atoms with E-state index in [1.165, 1.54) is 0 Å². The van der Waals surface area contributed by atoms with Crippen LogP contribution in [-0.4, -0.2) is 53.1 Å². The van der Waals surface area contributed by atoms with Crippen molar-refractivity contribution in [3.05, 3.63) is 0 Å². The van der Waals surface area contributed by atoms with E-state index in [2.05, 4.69) is 9.84 Å².